The first-order valence-corrected chi connectivity index (χ1v) is 10.2. The Labute approximate surface area is 162 Å². The number of rotatable bonds is 7. The van der Waals surface area contributed by atoms with Crippen molar-refractivity contribution < 1.29 is 23.8 Å². The second-order valence-corrected chi connectivity index (χ2v) is 7.94. The Balaban J connectivity index is 0.000000183. The molecule has 27 heavy (non-hydrogen) atoms. The van der Waals surface area contributed by atoms with Gasteiger partial charge in [-0.1, -0.05) is 0 Å². The molecule has 0 radical (unpaired) electrons. The van der Waals surface area contributed by atoms with Gasteiger partial charge in [-0.3, -0.25) is 15.3 Å². The zero-order chi connectivity index (χ0) is 19.8. The van der Waals surface area contributed by atoms with E-state index >= 15 is 0 Å². The molecule has 0 bridgehead atoms. The second kappa shape index (κ2) is 7.72. The van der Waals surface area contributed by atoms with E-state index in [0.717, 1.165) is 49.5 Å². The molecule has 9 nitrogen and oxygen atoms in total. The lowest BCUT2D eigenvalue weighted by Crippen LogP contribution is -2.55. The van der Waals surface area contributed by atoms with Gasteiger partial charge in [-0.05, 0) is 0 Å². The Morgan fingerprint density at radius 3 is 1.81 bits per heavy atom. The van der Waals surface area contributed by atoms with Crippen LogP contribution >= 0.6 is 0 Å². The highest BCUT2D eigenvalue weighted by Gasteiger charge is 2.43. The van der Waals surface area contributed by atoms with Crippen LogP contribution < -0.4 is 5.73 Å². The van der Waals surface area contributed by atoms with Crippen molar-refractivity contribution in [3.63, 3.8) is 0 Å². The molecule has 0 amide bonds. The number of carbonyl (C=O) groups excluding carboxylic acids is 2. The van der Waals surface area contributed by atoms with Crippen molar-refractivity contribution in [3.8, 4) is 0 Å². The van der Waals surface area contributed by atoms with Gasteiger partial charge in [0, 0.05) is 76.9 Å². The highest BCUT2D eigenvalue weighted by molar-refractivity contribution is 6.22. The summed E-state index contributed by atoms with van der Waals surface area (Å²) in [4.78, 5) is 30.5. The first kappa shape index (κ1) is 20.0. The topological polar surface area (TPSA) is 96.9 Å². The molecule has 2 N–H and O–H groups in total. The molecule has 10 heteroatoms. The molecule has 0 aromatic heterocycles. The summed E-state index contributed by atoms with van der Waals surface area (Å²) in [6.07, 6.45) is 1.52. The summed E-state index contributed by atoms with van der Waals surface area (Å²) in [6, 6.07) is 0. The smallest absolute Gasteiger partial charge is 0.247 e. The molecular formula is C17H28N4O5Si. The molecule has 3 aliphatic heterocycles. The second-order valence-electron chi connectivity index (χ2n) is 6.89. The number of nitrogens with two attached hydrogens (primary N) is 1. The molecule has 1 atom stereocenters. The van der Waals surface area contributed by atoms with Crippen molar-refractivity contribution in [1.29, 1.82) is 0 Å². The maximum atomic E-state index is 12.4. The fourth-order valence-corrected chi connectivity index (χ4v) is 3.33. The Kier molecular flexibility index (Phi) is 5.73. The SMILES string of the molecule is COC([SiH3])C(N)(OC)OC.O=C1C=C(N2CC2)C(=O)C(N2CC2)=C1N1CC1. The molecule has 4 aliphatic rings. The van der Waals surface area contributed by atoms with Gasteiger partial charge in [0.1, 0.15) is 17.1 Å². The molecule has 0 aromatic carbocycles. The van der Waals surface area contributed by atoms with Gasteiger partial charge in [0.15, 0.2) is 0 Å². The molecule has 1 aliphatic carbocycles. The van der Waals surface area contributed by atoms with Gasteiger partial charge in [-0.15, -0.1) is 0 Å². The molecule has 3 fully saturated rings. The minimum absolute atomic E-state index is 0.00546. The van der Waals surface area contributed by atoms with Crippen LogP contribution in [-0.2, 0) is 23.8 Å². The number of ether oxygens (including phenoxy) is 3. The van der Waals surface area contributed by atoms with E-state index in [1.807, 2.05) is 14.7 Å². The van der Waals surface area contributed by atoms with Crippen molar-refractivity contribution in [2.24, 2.45) is 5.73 Å². The van der Waals surface area contributed by atoms with Crippen LogP contribution in [0.5, 0.6) is 0 Å². The first-order chi connectivity index (χ1) is 12.9. The summed E-state index contributed by atoms with van der Waals surface area (Å²) < 4.78 is 14.8. The van der Waals surface area contributed by atoms with Gasteiger partial charge < -0.3 is 28.9 Å². The van der Waals surface area contributed by atoms with Crippen molar-refractivity contribution in [2.45, 2.75) is 11.6 Å². The fraction of sp³-hybridized carbons (Fsp3) is 0.647. The third-order valence-corrected chi connectivity index (χ3v) is 6.32. The fourth-order valence-electron chi connectivity index (χ4n) is 2.86. The van der Waals surface area contributed by atoms with Crippen LogP contribution in [0.25, 0.3) is 0 Å². The monoisotopic (exact) mass is 396 g/mol. The number of nitrogens with zero attached hydrogens (tertiary/aromatic N) is 3. The standard InChI is InChI=1S/C12H13N3O2.C5H15NO3Si/c16-9-7-8(13-1-2-13)12(17)11(15-5-6-15)10(9)14-3-4-14;1-7-4(10)5(6,8-2)9-3/h7H,1-6H2;4H,6H2,1-3,10H3. The van der Waals surface area contributed by atoms with E-state index in [0.29, 0.717) is 17.1 Å². The van der Waals surface area contributed by atoms with Crippen LogP contribution in [0.4, 0.5) is 0 Å². The number of methoxy groups -OCH3 is 3. The largest absolute Gasteiger partial charge is 0.379 e. The van der Waals surface area contributed by atoms with E-state index in [9.17, 15) is 9.59 Å². The lowest BCUT2D eigenvalue weighted by molar-refractivity contribution is -0.240. The van der Waals surface area contributed by atoms with Crippen molar-refractivity contribution in [2.75, 3.05) is 60.6 Å². The minimum Gasteiger partial charge on any atom is -0.379 e. The minimum atomic E-state index is -1.07. The lowest BCUT2D eigenvalue weighted by atomic mass is 10.0. The van der Waals surface area contributed by atoms with Gasteiger partial charge in [0.05, 0.1) is 5.70 Å². The molecule has 3 saturated heterocycles. The van der Waals surface area contributed by atoms with E-state index in [4.69, 9.17) is 19.9 Å². The molecule has 3 heterocycles. The zero-order valence-corrected chi connectivity index (χ0v) is 18.4. The first-order valence-electron chi connectivity index (χ1n) is 9.08. The van der Waals surface area contributed by atoms with E-state index in [1.165, 1.54) is 20.3 Å². The van der Waals surface area contributed by atoms with Crippen LogP contribution in [-0.4, -0.2) is 109 Å². The maximum absolute atomic E-state index is 12.4. The summed E-state index contributed by atoms with van der Waals surface area (Å²) in [5.74, 6) is -1.02. The summed E-state index contributed by atoms with van der Waals surface area (Å²) >= 11 is 0. The van der Waals surface area contributed by atoms with Crippen molar-refractivity contribution >= 4 is 21.8 Å². The summed E-state index contributed by atoms with van der Waals surface area (Å²) in [6.45, 7) is 5.41. The Morgan fingerprint density at radius 1 is 0.963 bits per heavy atom. The molecule has 0 aromatic rings. The predicted octanol–water partition coefficient (Wildman–Crippen LogP) is -2.59. The van der Waals surface area contributed by atoms with Crippen LogP contribution in [0.15, 0.2) is 23.2 Å². The van der Waals surface area contributed by atoms with Crippen molar-refractivity contribution in [1.82, 2.24) is 14.7 Å². The lowest BCUT2D eigenvalue weighted by Gasteiger charge is -2.30. The van der Waals surface area contributed by atoms with Gasteiger partial charge in [-0.25, -0.2) is 0 Å². The van der Waals surface area contributed by atoms with E-state index in [2.05, 4.69) is 0 Å². The van der Waals surface area contributed by atoms with Crippen LogP contribution in [0.3, 0.4) is 0 Å². The number of Topliss-reactive ketones (excluding diaryl/α,β-unsaturated/α-hetero) is 1. The van der Waals surface area contributed by atoms with Crippen LogP contribution in [0.2, 0.25) is 0 Å². The third-order valence-electron chi connectivity index (χ3n) is 5.05. The highest BCUT2D eigenvalue weighted by Crippen LogP contribution is 2.33. The summed E-state index contributed by atoms with van der Waals surface area (Å²) in [5.41, 5.74) is 7.35. The van der Waals surface area contributed by atoms with E-state index in [-0.39, 0.29) is 17.3 Å². The van der Waals surface area contributed by atoms with Crippen LogP contribution in [0, 0.1) is 0 Å². The van der Waals surface area contributed by atoms with E-state index < -0.39 is 5.91 Å². The number of hydrogen-bond donors (Lipinski definition) is 1. The predicted molar refractivity (Wildman–Crippen MR) is 102 cm³/mol. The normalized spacial score (nSPS) is 22.5. The summed E-state index contributed by atoms with van der Waals surface area (Å²) in [5, 5.41) is 0. The Hall–Kier alpha value is -1.72. The number of hydrogen-bond acceptors (Lipinski definition) is 9. The Bertz CT molecular complexity index is 679. The van der Waals surface area contributed by atoms with E-state index in [1.54, 1.807) is 7.11 Å². The number of allylic oxidation sites excluding steroid dienone is 1. The third kappa shape index (κ3) is 4.24. The molecule has 150 valence electrons. The molecule has 1 unspecified atom stereocenters. The summed E-state index contributed by atoms with van der Waals surface area (Å²) in [7, 11) is 5.34. The molecule has 4 rings (SSSR count). The van der Waals surface area contributed by atoms with Gasteiger partial charge in [-0.2, -0.15) is 0 Å². The van der Waals surface area contributed by atoms with Gasteiger partial charge >= 0.3 is 0 Å². The van der Waals surface area contributed by atoms with Crippen LogP contribution in [0.1, 0.15) is 0 Å². The maximum Gasteiger partial charge on any atom is 0.247 e. The highest BCUT2D eigenvalue weighted by atomic mass is 28.1. The number of ketones is 2. The molecule has 0 spiro atoms. The quantitative estimate of drug-likeness (QED) is 0.215. The van der Waals surface area contributed by atoms with Gasteiger partial charge in [0.2, 0.25) is 17.5 Å². The zero-order valence-electron chi connectivity index (χ0n) is 16.4. The Morgan fingerprint density at radius 2 is 1.44 bits per heavy atom. The van der Waals surface area contributed by atoms with Crippen molar-refractivity contribution in [3.05, 3.63) is 23.2 Å². The average Bonchev–Trinajstić information content (AvgIpc) is 3.52. The molecule has 0 saturated carbocycles. The van der Waals surface area contributed by atoms with Gasteiger partial charge in [0.25, 0.3) is 0 Å². The molecular weight excluding hydrogens is 368 g/mol. The number of carbonyl (C=O) groups is 2. The average molecular weight is 397 g/mol.